The normalized spacial score (nSPS) is 21.5. The van der Waals surface area contributed by atoms with Crippen LogP contribution in [-0.2, 0) is 30.3 Å². The van der Waals surface area contributed by atoms with Gasteiger partial charge in [-0.25, -0.2) is 22.2 Å². The third-order valence-electron chi connectivity index (χ3n) is 9.01. The maximum Gasteiger partial charge on any atom is 0.276 e. The van der Waals surface area contributed by atoms with E-state index in [2.05, 4.69) is 10.3 Å². The van der Waals surface area contributed by atoms with Crippen molar-refractivity contribution >= 4 is 44.9 Å². The molecule has 15 heteroatoms. The van der Waals surface area contributed by atoms with Gasteiger partial charge < -0.3 is 25.6 Å². The van der Waals surface area contributed by atoms with Gasteiger partial charge in [-0.1, -0.05) is 11.6 Å². The van der Waals surface area contributed by atoms with Crippen LogP contribution in [0.1, 0.15) is 44.1 Å². The zero-order valence-corrected chi connectivity index (χ0v) is 27.2. The van der Waals surface area contributed by atoms with Gasteiger partial charge in [0.25, 0.3) is 5.92 Å². The van der Waals surface area contributed by atoms with E-state index in [9.17, 15) is 18.0 Å². The Kier molecular flexibility index (Phi) is 11.1. The summed E-state index contributed by atoms with van der Waals surface area (Å²) in [5.41, 5.74) is 5.81. The van der Waals surface area contributed by atoms with Crippen molar-refractivity contribution in [2.75, 3.05) is 68.8 Å². The smallest absolute Gasteiger partial charge is 0.276 e. The predicted molar refractivity (Wildman–Crippen MR) is 170 cm³/mol. The van der Waals surface area contributed by atoms with Crippen molar-refractivity contribution in [1.82, 2.24) is 14.6 Å². The Morgan fingerprint density at radius 1 is 1.04 bits per heavy atom. The number of hydrogen-bond donors (Lipinski definition) is 2. The molecule has 1 aromatic heterocycles. The number of halogens is 3. The highest BCUT2D eigenvalue weighted by Gasteiger charge is 2.44. The van der Waals surface area contributed by atoms with Gasteiger partial charge in [0.15, 0.2) is 0 Å². The monoisotopic (exact) mass is 682 g/mol. The van der Waals surface area contributed by atoms with Gasteiger partial charge in [0, 0.05) is 75.3 Å². The van der Waals surface area contributed by atoms with E-state index >= 15 is 8.78 Å². The summed E-state index contributed by atoms with van der Waals surface area (Å²) in [7, 11) is -3.80. The molecule has 46 heavy (non-hydrogen) atoms. The van der Waals surface area contributed by atoms with Gasteiger partial charge in [0.2, 0.25) is 21.8 Å². The fourth-order valence-corrected chi connectivity index (χ4v) is 8.02. The molecule has 2 aliphatic heterocycles. The van der Waals surface area contributed by atoms with Crippen molar-refractivity contribution in [2.24, 2.45) is 17.6 Å². The molecule has 11 nitrogen and oxygen atoms in total. The van der Waals surface area contributed by atoms with Gasteiger partial charge in [0.05, 0.1) is 18.1 Å². The minimum atomic E-state index is -3.80. The first-order valence-electron chi connectivity index (χ1n) is 15.8. The number of carbonyl (C=O) groups is 2. The number of amides is 2. The maximum atomic E-state index is 15.8. The molecule has 3 fully saturated rings. The van der Waals surface area contributed by atoms with Crippen LogP contribution in [0.3, 0.4) is 0 Å². The minimum Gasteiger partial charge on any atom is -0.378 e. The molecule has 0 unspecified atom stereocenters. The van der Waals surface area contributed by atoms with Crippen molar-refractivity contribution in [3.63, 3.8) is 0 Å². The summed E-state index contributed by atoms with van der Waals surface area (Å²) >= 11 is 6.24. The van der Waals surface area contributed by atoms with Crippen molar-refractivity contribution in [1.29, 1.82) is 0 Å². The molecule has 3 aliphatic rings. The largest absolute Gasteiger partial charge is 0.378 e. The molecule has 0 bridgehead atoms. The number of nitrogens with zero attached hydrogens (tertiary/aromatic N) is 4. The van der Waals surface area contributed by atoms with Crippen LogP contribution in [0.15, 0.2) is 41.3 Å². The molecule has 1 saturated carbocycles. The van der Waals surface area contributed by atoms with Crippen LogP contribution < -0.4 is 20.9 Å². The standard InChI is InChI=1S/C31H41ClF2N6O5S/c32-27-20-24(31(33,34)23-5-3-22(4-6-23)30(42)36-12-19-45-18-11-35)21-28(37-27)38-14-16-39(17-15-38)46(43,44)26-9-7-25(8-10-26)40-13-1-2-29(40)41/h7-10,20-23H,1-6,11-19,35H2,(H,36,42)/t22-,23-. The number of carbonyl (C=O) groups excluding carboxylic acids is 2. The number of aromatic nitrogens is 1. The summed E-state index contributed by atoms with van der Waals surface area (Å²) < 4.78 is 65.0. The van der Waals surface area contributed by atoms with E-state index in [1.165, 1.54) is 28.6 Å². The number of ether oxygens (including phenoxy) is 1. The first kappa shape index (κ1) is 34.4. The zero-order valence-electron chi connectivity index (χ0n) is 25.7. The van der Waals surface area contributed by atoms with Crippen LogP contribution in [0.25, 0.3) is 0 Å². The number of pyridine rings is 1. The number of alkyl halides is 2. The lowest BCUT2D eigenvalue weighted by Gasteiger charge is -2.36. The molecular formula is C31H41ClF2N6O5S. The summed E-state index contributed by atoms with van der Waals surface area (Å²) in [5.74, 6) is -4.31. The highest BCUT2D eigenvalue weighted by Crippen LogP contribution is 2.46. The summed E-state index contributed by atoms with van der Waals surface area (Å²) in [6.07, 6.45) is 2.36. The average molecular weight is 683 g/mol. The molecule has 2 saturated heterocycles. The highest BCUT2D eigenvalue weighted by molar-refractivity contribution is 7.89. The SMILES string of the molecule is NCCOCCNC(=O)[C@H]1CC[C@H](C(F)(F)c2cc(Cl)nc(N3CCN(S(=O)(=O)c4ccc(N5CCCC5=O)cc4)CC3)c2)CC1. The molecular weight excluding hydrogens is 642 g/mol. The molecule has 0 spiro atoms. The molecule has 3 N–H and O–H groups in total. The molecule has 252 valence electrons. The molecule has 2 aromatic rings. The van der Waals surface area contributed by atoms with Crippen LogP contribution in [0.4, 0.5) is 20.3 Å². The van der Waals surface area contributed by atoms with Gasteiger partial charge in [-0.2, -0.15) is 4.31 Å². The number of anilines is 2. The van der Waals surface area contributed by atoms with Gasteiger partial charge >= 0.3 is 0 Å². The van der Waals surface area contributed by atoms with Crippen LogP contribution in [-0.4, -0.2) is 88.5 Å². The second kappa shape index (κ2) is 14.9. The quantitative estimate of drug-likeness (QED) is 0.257. The lowest BCUT2D eigenvalue weighted by atomic mass is 9.77. The van der Waals surface area contributed by atoms with Crippen LogP contribution in [0, 0.1) is 11.8 Å². The number of benzene rings is 1. The molecule has 0 radical (unpaired) electrons. The van der Waals surface area contributed by atoms with Crippen molar-refractivity contribution in [3.05, 3.63) is 47.1 Å². The van der Waals surface area contributed by atoms with Crippen molar-refractivity contribution < 1.29 is 31.5 Å². The Balaban J connectivity index is 1.17. The highest BCUT2D eigenvalue weighted by atomic mass is 35.5. The lowest BCUT2D eigenvalue weighted by Crippen LogP contribution is -2.49. The number of nitrogens with two attached hydrogens (primary N) is 1. The third kappa shape index (κ3) is 7.79. The zero-order chi connectivity index (χ0) is 32.9. The van der Waals surface area contributed by atoms with Crippen LogP contribution >= 0.6 is 11.6 Å². The minimum absolute atomic E-state index is 0.0239. The van der Waals surface area contributed by atoms with E-state index in [1.54, 1.807) is 21.9 Å². The molecule has 1 aliphatic carbocycles. The first-order chi connectivity index (χ1) is 22.0. The maximum absolute atomic E-state index is 15.8. The van der Waals surface area contributed by atoms with E-state index in [0.29, 0.717) is 57.8 Å². The van der Waals surface area contributed by atoms with Gasteiger partial charge in [-0.05, 0) is 68.5 Å². The second-order valence-electron chi connectivity index (χ2n) is 11.9. The van der Waals surface area contributed by atoms with Gasteiger partial charge in [0.1, 0.15) is 11.0 Å². The Hall–Kier alpha value is -2.91. The van der Waals surface area contributed by atoms with E-state index in [-0.39, 0.29) is 78.2 Å². The Morgan fingerprint density at radius 3 is 2.37 bits per heavy atom. The Bertz CT molecular complexity index is 1480. The first-order valence-corrected chi connectivity index (χ1v) is 17.6. The lowest BCUT2D eigenvalue weighted by molar-refractivity contribution is -0.129. The van der Waals surface area contributed by atoms with Gasteiger partial charge in [-0.3, -0.25) is 9.59 Å². The van der Waals surface area contributed by atoms with E-state index in [1.807, 2.05) is 0 Å². The fourth-order valence-electron chi connectivity index (χ4n) is 6.39. The average Bonchev–Trinajstić information content (AvgIpc) is 3.50. The molecule has 0 atom stereocenters. The number of hydrogen-bond acceptors (Lipinski definition) is 8. The molecule has 2 amide bonds. The third-order valence-corrected chi connectivity index (χ3v) is 11.1. The van der Waals surface area contributed by atoms with E-state index in [0.717, 1.165) is 6.42 Å². The molecule has 3 heterocycles. The van der Waals surface area contributed by atoms with E-state index in [4.69, 9.17) is 22.1 Å². The molecule has 5 rings (SSSR count). The number of sulfonamides is 1. The molecule has 1 aromatic carbocycles. The summed E-state index contributed by atoms with van der Waals surface area (Å²) in [6.45, 7) is 2.90. The summed E-state index contributed by atoms with van der Waals surface area (Å²) in [5, 5.41) is 2.74. The number of rotatable bonds is 12. The van der Waals surface area contributed by atoms with E-state index < -0.39 is 21.9 Å². The Morgan fingerprint density at radius 2 is 1.74 bits per heavy atom. The number of nitrogens with one attached hydrogen (secondary N) is 1. The summed E-state index contributed by atoms with van der Waals surface area (Å²) in [4.78, 5) is 32.4. The Labute approximate surface area is 273 Å². The van der Waals surface area contributed by atoms with Crippen LogP contribution in [0.2, 0.25) is 5.15 Å². The predicted octanol–water partition coefficient (Wildman–Crippen LogP) is 3.36. The summed E-state index contributed by atoms with van der Waals surface area (Å²) in [6, 6.07) is 8.84. The van der Waals surface area contributed by atoms with Crippen molar-refractivity contribution in [3.8, 4) is 0 Å². The van der Waals surface area contributed by atoms with Gasteiger partial charge in [-0.15, -0.1) is 0 Å². The van der Waals surface area contributed by atoms with Crippen molar-refractivity contribution in [2.45, 2.75) is 49.3 Å². The number of piperazine rings is 1. The topological polar surface area (TPSA) is 138 Å². The fraction of sp³-hybridized carbons (Fsp3) is 0.581. The van der Waals surface area contributed by atoms with Crippen LogP contribution in [0.5, 0.6) is 0 Å². The second-order valence-corrected chi connectivity index (χ2v) is 14.3.